The molecule has 0 aliphatic heterocycles. The molecule has 0 unspecified atom stereocenters. The molecule has 148 valence electrons. The summed E-state index contributed by atoms with van der Waals surface area (Å²) in [5.41, 5.74) is 4.29. The molecule has 0 atom stereocenters. The number of amides is 1. The molecule has 0 bridgehead atoms. The van der Waals surface area contributed by atoms with Crippen molar-refractivity contribution in [1.82, 2.24) is 19.5 Å². The molecule has 5 rings (SSSR count). The number of aromatic nitrogens is 4. The van der Waals surface area contributed by atoms with E-state index in [1.54, 1.807) is 11.6 Å². The number of hydrogen-bond donors (Lipinski definition) is 1. The van der Waals surface area contributed by atoms with Crippen molar-refractivity contribution >= 4 is 54.1 Å². The Hall–Kier alpha value is -2.65. The molecule has 1 N–H and O–H groups in total. The number of fused-ring (bicyclic) bond motifs is 5. The van der Waals surface area contributed by atoms with Crippen LogP contribution in [-0.2, 0) is 24.2 Å². The molecule has 7 nitrogen and oxygen atoms in total. The smallest absolute Gasteiger partial charge is 0.271 e. The lowest BCUT2D eigenvalue weighted by Gasteiger charge is -2.11. The van der Waals surface area contributed by atoms with E-state index in [2.05, 4.69) is 29.1 Å². The summed E-state index contributed by atoms with van der Waals surface area (Å²) in [7, 11) is 0. The van der Waals surface area contributed by atoms with E-state index >= 15 is 0 Å². The fraction of sp³-hybridized carbons (Fsp3) is 0.350. The van der Waals surface area contributed by atoms with Crippen molar-refractivity contribution in [2.75, 3.05) is 5.32 Å². The normalized spacial score (nSPS) is 13.5. The zero-order valence-electron chi connectivity index (χ0n) is 16.1. The minimum Gasteiger partial charge on any atom is -0.300 e. The molecular formula is C20H19N5O2S2. The summed E-state index contributed by atoms with van der Waals surface area (Å²) in [4.78, 5) is 39.7. The van der Waals surface area contributed by atoms with Gasteiger partial charge in [0.25, 0.3) is 5.56 Å². The van der Waals surface area contributed by atoms with Crippen LogP contribution in [0.25, 0.3) is 20.4 Å². The van der Waals surface area contributed by atoms with Gasteiger partial charge in [-0.25, -0.2) is 15.0 Å². The van der Waals surface area contributed by atoms with Gasteiger partial charge < -0.3 is 5.32 Å². The van der Waals surface area contributed by atoms with Crippen molar-refractivity contribution in [2.24, 2.45) is 0 Å². The summed E-state index contributed by atoms with van der Waals surface area (Å²) in [6, 6.07) is 0. The Morgan fingerprint density at radius 3 is 2.86 bits per heavy atom. The van der Waals surface area contributed by atoms with Crippen molar-refractivity contribution in [1.29, 1.82) is 0 Å². The standard InChI is InChI=1S/C20H19N5O2S2/c1-10(2)15-12-5-3-4-11(12)14-16-17(29-18(14)24-15)19(27)25(9-22-16)8-13(26)23-20-21-6-7-28-20/h6-7,9-10H,3-5,8H2,1-2H3,(H,21,23,26). The number of nitrogens with one attached hydrogen (secondary N) is 1. The molecule has 0 aromatic carbocycles. The first-order valence-corrected chi connectivity index (χ1v) is 11.2. The largest absolute Gasteiger partial charge is 0.300 e. The number of hydrogen-bond acceptors (Lipinski definition) is 7. The molecule has 0 spiro atoms. The van der Waals surface area contributed by atoms with Crippen LogP contribution >= 0.6 is 22.7 Å². The maximum absolute atomic E-state index is 13.1. The third kappa shape index (κ3) is 3.05. The molecule has 29 heavy (non-hydrogen) atoms. The number of anilines is 1. The second kappa shape index (κ2) is 7.00. The van der Waals surface area contributed by atoms with E-state index in [0.29, 0.717) is 21.3 Å². The minimum absolute atomic E-state index is 0.0988. The molecule has 4 aromatic heterocycles. The van der Waals surface area contributed by atoms with Crippen LogP contribution in [0.1, 0.15) is 43.0 Å². The third-order valence-electron chi connectivity index (χ3n) is 5.24. The molecule has 1 aliphatic rings. The average Bonchev–Trinajstić information content (AvgIpc) is 3.41. The maximum atomic E-state index is 13.1. The lowest BCUT2D eigenvalue weighted by Crippen LogP contribution is -2.27. The lowest BCUT2D eigenvalue weighted by molar-refractivity contribution is -0.116. The van der Waals surface area contributed by atoms with Crippen molar-refractivity contribution < 1.29 is 4.79 Å². The number of thiophene rings is 1. The number of aryl methyl sites for hydroxylation is 1. The maximum Gasteiger partial charge on any atom is 0.271 e. The number of nitrogens with zero attached hydrogens (tertiary/aromatic N) is 4. The summed E-state index contributed by atoms with van der Waals surface area (Å²) in [6.45, 7) is 4.22. The Labute approximate surface area is 174 Å². The van der Waals surface area contributed by atoms with Crippen LogP contribution in [0.4, 0.5) is 5.13 Å². The molecule has 0 radical (unpaired) electrons. The second-order valence-electron chi connectivity index (χ2n) is 7.49. The Bertz CT molecular complexity index is 1300. The van der Waals surface area contributed by atoms with Gasteiger partial charge in [0.05, 0.1) is 11.8 Å². The number of rotatable bonds is 4. The zero-order chi connectivity index (χ0) is 20.1. The highest BCUT2D eigenvalue weighted by Crippen LogP contribution is 2.39. The van der Waals surface area contributed by atoms with Gasteiger partial charge >= 0.3 is 0 Å². The van der Waals surface area contributed by atoms with E-state index in [1.165, 1.54) is 44.7 Å². The SMILES string of the molecule is CC(C)c1nc2sc3c(=O)n(CC(=O)Nc4nccs4)cnc3c2c2c1CCC2. The predicted octanol–water partition coefficient (Wildman–Crippen LogP) is 3.71. The van der Waals surface area contributed by atoms with E-state index in [4.69, 9.17) is 4.98 Å². The third-order valence-corrected chi connectivity index (χ3v) is 6.99. The zero-order valence-corrected chi connectivity index (χ0v) is 17.7. The monoisotopic (exact) mass is 425 g/mol. The van der Waals surface area contributed by atoms with Gasteiger partial charge in [0.2, 0.25) is 5.91 Å². The fourth-order valence-corrected chi connectivity index (χ4v) is 5.67. The fourth-order valence-electron chi connectivity index (χ4n) is 4.01. The quantitative estimate of drug-likeness (QED) is 0.538. The number of carbonyl (C=O) groups excluding carboxylic acids is 1. The van der Waals surface area contributed by atoms with Crippen LogP contribution in [0.15, 0.2) is 22.7 Å². The van der Waals surface area contributed by atoms with Crippen molar-refractivity contribution in [3.63, 3.8) is 0 Å². The highest BCUT2D eigenvalue weighted by atomic mass is 32.1. The highest BCUT2D eigenvalue weighted by Gasteiger charge is 2.25. The summed E-state index contributed by atoms with van der Waals surface area (Å²) in [5, 5.41) is 6.02. The summed E-state index contributed by atoms with van der Waals surface area (Å²) < 4.78 is 1.91. The molecule has 1 aliphatic carbocycles. The molecule has 0 saturated carbocycles. The molecule has 4 aromatic rings. The lowest BCUT2D eigenvalue weighted by atomic mass is 9.99. The number of carbonyl (C=O) groups is 1. The van der Waals surface area contributed by atoms with Gasteiger partial charge in [0.1, 0.15) is 16.1 Å². The van der Waals surface area contributed by atoms with Gasteiger partial charge in [-0.1, -0.05) is 13.8 Å². The van der Waals surface area contributed by atoms with Crippen LogP contribution in [0.3, 0.4) is 0 Å². The van der Waals surface area contributed by atoms with Crippen LogP contribution in [0.5, 0.6) is 0 Å². The average molecular weight is 426 g/mol. The van der Waals surface area contributed by atoms with Crippen molar-refractivity contribution in [3.05, 3.63) is 45.1 Å². The first-order chi connectivity index (χ1) is 14.0. The summed E-state index contributed by atoms with van der Waals surface area (Å²) in [5.74, 6) is 0.0426. The first kappa shape index (κ1) is 18.4. The number of thiazole rings is 1. The van der Waals surface area contributed by atoms with E-state index < -0.39 is 0 Å². The number of pyridine rings is 1. The van der Waals surface area contributed by atoms with Crippen LogP contribution in [0, 0.1) is 0 Å². The Morgan fingerprint density at radius 1 is 1.28 bits per heavy atom. The molecule has 0 saturated heterocycles. The molecule has 9 heteroatoms. The predicted molar refractivity (Wildman–Crippen MR) is 116 cm³/mol. The van der Waals surface area contributed by atoms with E-state index in [9.17, 15) is 9.59 Å². The van der Waals surface area contributed by atoms with Gasteiger partial charge in [-0.2, -0.15) is 0 Å². The van der Waals surface area contributed by atoms with Gasteiger partial charge in [-0.15, -0.1) is 22.7 Å². The molecular weight excluding hydrogens is 406 g/mol. The summed E-state index contributed by atoms with van der Waals surface area (Å²) in [6.07, 6.45) is 6.24. The Balaban J connectivity index is 1.60. The van der Waals surface area contributed by atoms with Crippen molar-refractivity contribution in [2.45, 2.75) is 45.6 Å². The Morgan fingerprint density at radius 2 is 2.10 bits per heavy atom. The Kier molecular flexibility index (Phi) is 4.44. The van der Waals surface area contributed by atoms with Gasteiger partial charge in [-0.05, 0) is 36.3 Å². The van der Waals surface area contributed by atoms with Crippen molar-refractivity contribution in [3.8, 4) is 0 Å². The van der Waals surface area contributed by atoms with E-state index in [-0.39, 0.29) is 18.0 Å². The molecule has 1 amide bonds. The second-order valence-corrected chi connectivity index (χ2v) is 9.38. The van der Waals surface area contributed by atoms with Crippen LogP contribution < -0.4 is 10.9 Å². The highest BCUT2D eigenvalue weighted by molar-refractivity contribution is 7.25. The molecule has 0 fully saturated rings. The topological polar surface area (TPSA) is 89.8 Å². The van der Waals surface area contributed by atoms with Gasteiger partial charge in [0.15, 0.2) is 5.13 Å². The van der Waals surface area contributed by atoms with Gasteiger partial charge in [0, 0.05) is 22.7 Å². The van der Waals surface area contributed by atoms with Crippen LogP contribution in [0.2, 0.25) is 0 Å². The first-order valence-electron chi connectivity index (χ1n) is 9.55. The molecule has 4 heterocycles. The van der Waals surface area contributed by atoms with E-state index in [1.807, 2.05) is 0 Å². The van der Waals surface area contributed by atoms with E-state index in [0.717, 1.165) is 35.2 Å². The van der Waals surface area contributed by atoms with Crippen LogP contribution in [-0.4, -0.2) is 25.4 Å². The van der Waals surface area contributed by atoms with Gasteiger partial charge in [-0.3, -0.25) is 14.2 Å². The summed E-state index contributed by atoms with van der Waals surface area (Å²) >= 11 is 2.72. The minimum atomic E-state index is -0.301.